The molecular weight excluding hydrogens is 440 g/mol. The Balaban J connectivity index is 1.80. The summed E-state index contributed by atoms with van der Waals surface area (Å²) >= 11 is 3.50. The molecule has 2 amide bonds. The van der Waals surface area contributed by atoms with Crippen molar-refractivity contribution in [2.75, 3.05) is 0 Å². The summed E-state index contributed by atoms with van der Waals surface area (Å²) in [6.45, 7) is 6.30. The number of benzene rings is 2. The Labute approximate surface area is 188 Å². The zero-order valence-electron chi connectivity index (χ0n) is 18.1. The van der Waals surface area contributed by atoms with Gasteiger partial charge in [0.05, 0.1) is 6.42 Å². The molecule has 2 aromatic rings. The smallest absolute Gasteiger partial charge is 0.242 e. The first-order chi connectivity index (χ1) is 14.3. The van der Waals surface area contributed by atoms with Crippen molar-refractivity contribution in [1.29, 1.82) is 0 Å². The first-order valence-corrected chi connectivity index (χ1v) is 11.5. The molecule has 160 valence electrons. The fraction of sp³-hybridized carbons (Fsp3) is 0.440. The van der Waals surface area contributed by atoms with Gasteiger partial charge in [-0.2, -0.15) is 0 Å². The van der Waals surface area contributed by atoms with Crippen molar-refractivity contribution >= 4 is 27.7 Å². The maximum atomic E-state index is 13.4. The Morgan fingerprint density at radius 1 is 1.13 bits per heavy atom. The first kappa shape index (κ1) is 22.5. The van der Waals surface area contributed by atoms with E-state index in [4.69, 9.17) is 0 Å². The molecular formula is C25H31BrN2O2. The number of nitrogens with one attached hydrogen (secondary N) is 1. The van der Waals surface area contributed by atoms with Crippen molar-refractivity contribution in [1.82, 2.24) is 10.2 Å². The molecule has 0 radical (unpaired) electrons. The van der Waals surface area contributed by atoms with Crippen LogP contribution < -0.4 is 5.32 Å². The van der Waals surface area contributed by atoms with E-state index in [0.29, 0.717) is 13.0 Å². The number of carbonyl (C=O) groups excluding carboxylic acids is 2. The second kappa shape index (κ2) is 10.3. The monoisotopic (exact) mass is 470 g/mol. The average molecular weight is 471 g/mol. The molecule has 1 fully saturated rings. The molecule has 0 bridgehead atoms. The van der Waals surface area contributed by atoms with E-state index in [1.165, 1.54) is 0 Å². The predicted molar refractivity (Wildman–Crippen MR) is 124 cm³/mol. The summed E-state index contributed by atoms with van der Waals surface area (Å²) in [5.74, 6) is -0.0936. The van der Waals surface area contributed by atoms with Gasteiger partial charge in [0.1, 0.15) is 6.04 Å². The summed E-state index contributed by atoms with van der Waals surface area (Å²) in [4.78, 5) is 28.1. The van der Waals surface area contributed by atoms with E-state index in [1.807, 2.05) is 51.1 Å². The fourth-order valence-corrected chi connectivity index (χ4v) is 4.51. The molecule has 0 aliphatic heterocycles. The molecule has 4 nitrogen and oxygen atoms in total. The molecule has 0 aromatic heterocycles. The standard InChI is InChI=1S/C25H31BrN2O2/c1-17-11-12-18(2)21(13-17)15-24(29)28(16-20-7-6-8-22(26)14-20)19(3)25(30)27-23-9-4-5-10-23/h6-8,11-14,19,23H,4-5,9-10,15-16H2,1-3H3,(H,27,30)/t19-/m0/s1. The lowest BCUT2D eigenvalue weighted by atomic mass is 10.0. The summed E-state index contributed by atoms with van der Waals surface area (Å²) in [6.07, 6.45) is 4.67. The van der Waals surface area contributed by atoms with Gasteiger partial charge in [-0.1, -0.05) is 64.7 Å². The fourth-order valence-electron chi connectivity index (χ4n) is 4.06. The molecule has 0 heterocycles. The quantitative estimate of drug-likeness (QED) is 0.612. The van der Waals surface area contributed by atoms with Gasteiger partial charge in [-0.15, -0.1) is 0 Å². The summed E-state index contributed by atoms with van der Waals surface area (Å²) in [5.41, 5.74) is 4.25. The van der Waals surface area contributed by atoms with Crippen molar-refractivity contribution in [2.24, 2.45) is 0 Å². The van der Waals surface area contributed by atoms with Crippen molar-refractivity contribution in [3.8, 4) is 0 Å². The summed E-state index contributed by atoms with van der Waals surface area (Å²) in [7, 11) is 0. The summed E-state index contributed by atoms with van der Waals surface area (Å²) < 4.78 is 0.963. The zero-order chi connectivity index (χ0) is 21.7. The highest BCUT2D eigenvalue weighted by atomic mass is 79.9. The van der Waals surface area contributed by atoms with Crippen molar-refractivity contribution in [3.05, 3.63) is 69.2 Å². The van der Waals surface area contributed by atoms with Crippen LogP contribution in [0.4, 0.5) is 0 Å². The van der Waals surface area contributed by atoms with E-state index in [-0.39, 0.29) is 17.9 Å². The Hall–Kier alpha value is -2.14. The lowest BCUT2D eigenvalue weighted by molar-refractivity contribution is -0.140. The molecule has 1 N–H and O–H groups in total. The minimum absolute atomic E-state index is 0.0299. The van der Waals surface area contributed by atoms with E-state index >= 15 is 0 Å². The Kier molecular flexibility index (Phi) is 7.70. The van der Waals surface area contributed by atoms with Crippen LogP contribution in [0.5, 0.6) is 0 Å². The number of rotatable bonds is 7. The molecule has 2 aromatic carbocycles. The van der Waals surface area contributed by atoms with Crippen LogP contribution in [-0.2, 0) is 22.6 Å². The SMILES string of the molecule is Cc1ccc(C)c(CC(=O)N(Cc2cccc(Br)c2)[C@@H](C)C(=O)NC2CCCC2)c1. The number of hydrogen-bond donors (Lipinski definition) is 1. The molecule has 0 saturated heterocycles. The molecule has 1 atom stereocenters. The number of nitrogens with zero attached hydrogens (tertiary/aromatic N) is 1. The number of carbonyl (C=O) groups is 2. The Bertz CT molecular complexity index is 906. The molecule has 0 spiro atoms. The number of amides is 2. The van der Waals surface area contributed by atoms with Gasteiger partial charge in [-0.3, -0.25) is 9.59 Å². The van der Waals surface area contributed by atoms with Crippen LogP contribution in [0.2, 0.25) is 0 Å². The lowest BCUT2D eigenvalue weighted by Gasteiger charge is -2.30. The summed E-state index contributed by atoms with van der Waals surface area (Å²) in [6, 6.07) is 13.8. The maximum Gasteiger partial charge on any atom is 0.242 e. The van der Waals surface area contributed by atoms with Gasteiger partial charge >= 0.3 is 0 Å². The third kappa shape index (κ3) is 5.94. The van der Waals surface area contributed by atoms with Crippen LogP contribution in [0.3, 0.4) is 0 Å². The van der Waals surface area contributed by atoms with E-state index in [1.54, 1.807) is 4.90 Å². The normalized spacial score (nSPS) is 15.1. The highest BCUT2D eigenvalue weighted by Gasteiger charge is 2.28. The van der Waals surface area contributed by atoms with Gasteiger partial charge < -0.3 is 10.2 Å². The number of aryl methyl sites for hydroxylation is 2. The van der Waals surface area contributed by atoms with Gasteiger partial charge in [0, 0.05) is 17.1 Å². The first-order valence-electron chi connectivity index (χ1n) is 10.7. The van der Waals surface area contributed by atoms with Gasteiger partial charge in [-0.25, -0.2) is 0 Å². The molecule has 0 unspecified atom stereocenters. The Morgan fingerprint density at radius 3 is 2.57 bits per heavy atom. The minimum atomic E-state index is -0.526. The number of halogens is 1. The van der Waals surface area contributed by atoms with E-state index in [0.717, 1.165) is 52.4 Å². The number of hydrogen-bond acceptors (Lipinski definition) is 2. The minimum Gasteiger partial charge on any atom is -0.352 e. The van der Waals surface area contributed by atoms with Crippen molar-refractivity contribution < 1.29 is 9.59 Å². The molecule has 3 rings (SSSR count). The van der Waals surface area contributed by atoms with E-state index in [2.05, 4.69) is 33.4 Å². The topological polar surface area (TPSA) is 49.4 Å². The molecule has 5 heteroatoms. The van der Waals surface area contributed by atoms with E-state index in [9.17, 15) is 9.59 Å². The third-order valence-corrected chi connectivity index (χ3v) is 6.45. The van der Waals surface area contributed by atoms with Crippen molar-refractivity contribution in [2.45, 2.75) is 71.5 Å². The predicted octanol–water partition coefficient (Wildman–Crippen LogP) is 5.08. The van der Waals surface area contributed by atoms with Gasteiger partial charge in [0.25, 0.3) is 0 Å². The largest absolute Gasteiger partial charge is 0.352 e. The second-order valence-corrected chi connectivity index (χ2v) is 9.34. The lowest BCUT2D eigenvalue weighted by Crippen LogP contribution is -2.50. The van der Waals surface area contributed by atoms with Gasteiger partial charge in [0.2, 0.25) is 11.8 Å². The average Bonchev–Trinajstić information content (AvgIpc) is 3.21. The van der Waals surface area contributed by atoms with Gasteiger partial charge in [-0.05, 0) is 62.4 Å². The van der Waals surface area contributed by atoms with Crippen LogP contribution in [-0.4, -0.2) is 28.8 Å². The van der Waals surface area contributed by atoms with Gasteiger partial charge in [0.15, 0.2) is 0 Å². The second-order valence-electron chi connectivity index (χ2n) is 8.42. The highest BCUT2D eigenvalue weighted by molar-refractivity contribution is 9.10. The Morgan fingerprint density at radius 2 is 1.87 bits per heavy atom. The summed E-state index contributed by atoms with van der Waals surface area (Å²) in [5, 5.41) is 3.15. The molecule has 1 aliphatic carbocycles. The van der Waals surface area contributed by atoms with Crippen molar-refractivity contribution in [3.63, 3.8) is 0 Å². The molecule has 30 heavy (non-hydrogen) atoms. The molecule has 1 aliphatic rings. The van der Waals surface area contributed by atoms with Crippen LogP contribution >= 0.6 is 15.9 Å². The molecule has 1 saturated carbocycles. The van der Waals surface area contributed by atoms with Crippen LogP contribution in [0.25, 0.3) is 0 Å². The maximum absolute atomic E-state index is 13.4. The van der Waals surface area contributed by atoms with Crippen LogP contribution in [0.15, 0.2) is 46.9 Å². The van der Waals surface area contributed by atoms with Crippen LogP contribution in [0, 0.1) is 13.8 Å². The van der Waals surface area contributed by atoms with Crippen LogP contribution in [0.1, 0.15) is 54.9 Å². The highest BCUT2D eigenvalue weighted by Crippen LogP contribution is 2.20. The zero-order valence-corrected chi connectivity index (χ0v) is 19.7. The third-order valence-electron chi connectivity index (χ3n) is 5.96. The van der Waals surface area contributed by atoms with E-state index < -0.39 is 6.04 Å².